The van der Waals surface area contributed by atoms with E-state index in [1.54, 1.807) is 4.90 Å². The number of esters is 1. The third-order valence-electron chi connectivity index (χ3n) is 5.81. The minimum absolute atomic E-state index is 0.180. The second-order valence-electron chi connectivity index (χ2n) is 9.28. The van der Waals surface area contributed by atoms with Crippen LogP contribution >= 0.6 is 0 Å². The summed E-state index contributed by atoms with van der Waals surface area (Å²) in [6.07, 6.45) is 4.26. The molecule has 2 fully saturated rings. The van der Waals surface area contributed by atoms with Crippen LogP contribution in [0.2, 0.25) is 0 Å². The van der Waals surface area contributed by atoms with Gasteiger partial charge in [0.25, 0.3) is 0 Å². The number of piperidine rings is 1. The van der Waals surface area contributed by atoms with Crippen molar-refractivity contribution in [3.8, 4) is 0 Å². The fraction of sp³-hybridized carbons (Fsp3) is 0.522. The number of hydrogen-bond acceptors (Lipinski definition) is 5. The summed E-state index contributed by atoms with van der Waals surface area (Å²) in [5.41, 5.74) is 1.44. The molecule has 0 unspecified atom stereocenters. The van der Waals surface area contributed by atoms with Gasteiger partial charge in [-0.1, -0.05) is 6.07 Å². The molecule has 4 rings (SSSR count). The largest absolute Gasteiger partial charge is 0.459 e. The van der Waals surface area contributed by atoms with Gasteiger partial charge in [0.05, 0.1) is 17.7 Å². The lowest BCUT2D eigenvalue weighted by atomic mass is 10.0. The molecule has 1 aromatic heterocycles. The van der Waals surface area contributed by atoms with Crippen LogP contribution in [0.15, 0.2) is 30.5 Å². The minimum Gasteiger partial charge on any atom is -0.459 e. The molecule has 0 atom stereocenters. The average Bonchev–Trinajstić information content (AvgIpc) is 3.11. The molecule has 1 aromatic carbocycles. The van der Waals surface area contributed by atoms with E-state index in [1.165, 1.54) is 0 Å². The van der Waals surface area contributed by atoms with Crippen LogP contribution in [0, 0.1) is 0 Å². The lowest BCUT2D eigenvalue weighted by Gasteiger charge is -2.33. The van der Waals surface area contributed by atoms with E-state index < -0.39 is 5.60 Å². The van der Waals surface area contributed by atoms with Crippen LogP contribution in [-0.2, 0) is 14.3 Å². The van der Waals surface area contributed by atoms with Gasteiger partial charge in [0.1, 0.15) is 5.60 Å². The third kappa shape index (κ3) is 4.74. The normalized spacial score (nSPS) is 19.0. The molecule has 2 aliphatic rings. The van der Waals surface area contributed by atoms with Gasteiger partial charge in [-0.2, -0.15) is 0 Å². The van der Waals surface area contributed by atoms with Gasteiger partial charge in [-0.25, -0.2) is 4.79 Å². The van der Waals surface area contributed by atoms with Gasteiger partial charge in [0.2, 0.25) is 5.91 Å². The number of hydrogen-bond donors (Lipinski definition) is 1. The Bertz CT molecular complexity index is 999. The van der Waals surface area contributed by atoms with Crippen molar-refractivity contribution in [1.29, 1.82) is 0 Å². The molecule has 0 saturated carbocycles. The highest BCUT2D eigenvalue weighted by molar-refractivity contribution is 6.09. The maximum atomic E-state index is 12.3. The smallest absolute Gasteiger partial charge is 0.328 e. The monoisotopic (exact) mass is 426 g/mol. The zero-order valence-corrected chi connectivity index (χ0v) is 18.4. The first-order valence-corrected chi connectivity index (χ1v) is 10.9. The van der Waals surface area contributed by atoms with Gasteiger partial charge >= 0.3 is 12.0 Å². The zero-order chi connectivity index (χ0) is 22.2. The van der Waals surface area contributed by atoms with Gasteiger partial charge in [-0.15, -0.1) is 0 Å². The summed E-state index contributed by atoms with van der Waals surface area (Å²) in [5.74, 6) is -0.413. The van der Waals surface area contributed by atoms with Crippen LogP contribution in [-0.4, -0.2) is 59.2 Å². The fourth-order valence-electron chi connectivity index (χ4n) is 4.43. The van der Waals surface area contributed by atoms with E-state index in [9.17, 15) is 14.4 Å². The number of urea groups is 1. The first-order valence-electron chi connectivity index (χ1n) is 10.9. The van der Waals surface area contributed by atoms with Gasteiger partial charge in [0.15, 0.2) is 0 Å². The molecule has 31 heavy (non-hydrogen) atoms. The van der Waals surface area contributed by atoms with Crippen molar-refractivity contribution in [3.63, 3.8) is 0 Å². The number of nitrogens with zero attached hydrogens (tertiary/aromatic N) is 3. The van der Waals surface area contributed by atoms with Crippen molar-refractivity contribution in [1.82, 2.24) is 14.8 Å². The van der Waals surface area contributed by atoms with E-state index in [0.29, 0.717) is 25.6 Å². The number of carbonyl (C=O) groups excluding carboxylic acids is 3. The second-order valence-corrected chi connectivity index (χ2v) is 9.28. The number of anilines is 1. The van der Waals surface area contributed by atoms with E-state index in [4.69, 9.17) is 4.74 Å². The Hall–Kier alpha value is -2.87. The molecule has 0 bridgehead atoms. The minimum atomic E-state index is -0.463. The molecule has 166 valence electrons. The van der Waals surface area contributed by atoms with E-state index in [0.717, 1.165) is 42.5 Å². The van der Waals surface area contributed by atoms with Crippen molar-refractivity contribution in [2.75, 3.05) is 31.1 Å². The lowest BCUT2D eigenvalue weighted by molar-refractivity contribution is -0.156. The first-order chi connectivity index (χ1) is 14.7. The molecule has 2 aromatic rings. The van der Waals surface area contributed by atoms with Crippen molar-refractivity contribution < 1.29 is 19.1 Å². The second kappa shape index (κ2) is 8.34. The molecule has 0 radical (unpaired) electrons. The van der Waals surface area contributed by atoms with Gasteiger partial charge in [-0.3, -0.25) is 24.7 Å². The number of rotatable bonds is 4. The van der Waals surface area contributed by atoms with E-state index in [-0.39, 0.29) is 17.9 Å². The Kier molecular flexibility index (Phi) is 5.75. The number of nitrogens with one attached hydrogen (secondary N) is 1. The molecular formula is C23H30N4O4. The summed E-state index contributed by atoms with van der Waals surface area (Å²) in [5, 5.41) is 3.40. The van der Waals surface area contributed by atoms with Crippen LogP contribution < -0.4 is 10.2 Å². The average molecular weight is 427 g/mol. The molecular weight excluding hydrogens is 396 g/mol. The number of aromatic nitrogens is 1. The molecule has 3 heterocycles. The highest BCUT2D eigenvalue weighted by Crippen LogP contribution is 2.33. The Morgan fingerprint density at radius 2 is 1.87 bits per heavy atom. The number of likely N-dealkylation sites (tertiary alicyclic amines) is 1. The maximum absolute atomic E-state index is 12.3. The van der Waals surface area contributed by atoms with Crippen LogP contribution in [0.4, 0.5) is 10.5 Å². The van der Waals surface area contributed by atoms with Gasteiger partial charge in [0, 0.05) is 43.7 Å². The Balaban J connectivity index is 1.45. The molecule has 2 aliphatic heterocycles. The number of ether oxygens (including phenoxy) is 1. The summed E-state index contributed by atoms with van der Waals surface area (Å²) >= 11 is 0. The Labute approximate surface area is 182 Å². The summed E-state index contributed by atoms with van der Waals surface area (Å²) in [6.45, 7) is 8.02. The third-order valence-corrected chi connectivity index (χ3v) is 5.81. The van der Waals surface area contributed by atoms with Crippen molar-refractivity contribution >= 4 is 34.5 Å². The van der Waals surface area contributed by atoms with E-state index >= 15 is 0 Å². The van der Waals surface area contributed by atoms with Crippen LogP contribution in [0.5, 0.6) is 0 Å². The van der Waals surface area contributed by atoms with Crippen LogP contribution in [0.25, 0.3) is 10.9 Å². The molecule has 0 aliphatic carbocycles. The quantitative estimate of drug-likeness (QED) is 0.760. The molecule has 8 nitrogen and oxygen atoms in total. The number of imide groups is 1. The molecule has 3 amide bonds. The standard InChI is InChI=1S/C23H30N4O4/c1-23(2,3)31-21(29)15-25-11-7-16(8-12-25)26-13-9-17-18(26)5-4-6-19(17)27-14-10-20(28)24-22(27)30/h4-6,9,13,16H,7-8,10-12,14-15H2,1-3H3,(H,24,28,30). The number of benzene rings is 1. The summed E-state index contributed by atoms with van der Waals surface area (Å²) < 4.78 is 7.71. The number of carbonyl (C=O) groups is 3. The summed E-state index contributed by atoms with van der Waals surface area (Å²) in [4.78, 5) is 39.7. The van der Waals surface area contributed by atoms with Gasteiger partial charge in [-0.05, 0) is 51.8 Å². The summed E-state index contributed by atoms with van der Waals surface area (Å²) in [6, 6.07) is 7.95. The van der Waals surface area contributed by atoms with Crippen LogP contribution in [0.3, 0.4) is 0 Å². The highest BCUT2D eigenvalue weighted by atomic mass is 16.6. The Morgan fingerprint density at radius 1 is 1.13 bits per heavy atom. The van der Waals surface area contributed by atoms with Crippen LogP contribution in [0.1, 0.15) is 46.1 Å². The van der Waals surface area contributed by atoms with Crippen molar-refractivity contribution in [2.45, 2.75) is 51.7 Å². The predicted molar refractivity (Wildman–Crippen MR) is 118 cm³/mol. The van der Waals surface area contributed by atoms with Gasteiger partial charge < -0.3 is 9.30 Å². The van der Waals surface area contributed by atoms with Crippen molar-refractivity contribution in [2.24, 2.45) is 0 Å². The molecule has 2 saturated heterocycles. The summed E-state index contributed by atoms with van der Waals surface area (Å²) in [7, 11) is 0. The SMILES string of the molecule is CC(C)(C)OC(=O)CN1CCC(n2ccc3c(N4CCC(=O)NC4=O)cccc32)CC1. The number of amides is 3. The fourth-order valence-corrected chi connectivity index (χ4v) is 4.43. The maximum Gasteiger partial charge on any atom is 0.328 e. The van der Waals surface area contributed by atoms with E-state index in [2.05, 4.69) is 27.0 Å². The molecule has 1 N–H and O–H groups in total. The predicted octanol–water partition coefficient (Wildman–Crippen LogP) is 3.07. The van der Waals surface area contributed by atoms with E-state index in [1.807, 2.05) is 39.0 Å². The molecule has 0 spiro atoms. The lowest BCUT2D eigenvalue weighted by Crippen LogP contribution is -2.49. The van der Waals surface area contributed by atoms with Crippen molar-refractivity contribution in [3.05, 3.63) is 30.5 Å². The highest BCUT2D eigenvalue weighted by Gasteiger charge is 2.28. The molecule has 8 heteroatoms. The zero-order valence-electron chi connectivity index (χ0n) is 18.4. The topological polar surface area (TPSA) is 83.9 Å². The Morgan fingerprint density at radius 3 is 2.55 bits per heavy atom. The first kappa shape index (κ1) is 21.4. The number of fused-ring (bicyclic) bond motifs is 1.